The molecule has 0 aromatic heterocycles. The quantitative estimate of drug-likeness (QED) is 0.759. The van der Waals surface area contributed by atoms with Gasteiger partial charge in [-0.3, -0.25) is 9.59 Å². The maximum Gasteiger partial charge on any atom is 0.310 e. The summed E-state index contributed by atoms with van der Waals surface area (Å²) in [7, 11) is 1.34. The topological polar surface area (TPSA) is 46.6 Å². The molecule has 1 aliphatic carbocycles. The number of ether oxygens (including phenoxy) is 1. The highest BCUT2D eigenvalue weighted by atomic mass is 19.1. The zero-order valence-electron chi connectivity index (χ0n) is 13.0. The van der Waals surface area contributed by atoms with Crippen molar-refractivity contribution < 1.29 is 18.7 Å². The second kappa shape index (κ2) is 7.38. The molecule has 1 saturated carbocycles. The number of methoxy groups -OCH3 is 1. The first-order valence-electron chi connectivity index (χ1n) is 7.62. The van der Waals surface area contributed by atoms with Crippen molar-refractivity contribution in [1.82, 2.24) is 4.90 Å². The lowest BCUT2D eigenvalue weighted by Crippen LogP contribution is -2.42. The van der Waals surface area contributed by atoms with Gasteiger partial charge in [0.25, 0.3) is 0 Å². The molecule has 2 rings (SSSR count). The van der Waals surface area contributed by atoms with Gasteiger partial charge in [-0.2, -0.15) is 0 Å². The number of nitrogens with zero attached hydrogens (tertiary/aromatic N) is 1. The van der Waals surface area contributed by atoms with Crippen LogP contribution >= 0.6 is 0 Å². The molecule has 120 valence electrons. The van der Waals surface area contributed by atoms with E-state index in [2.05, 4.69) is 0 Å². The molecule has 1 fully saturated rings. The van der Waals surface area contributed by atoms with Gasteiger partial charge in [0, 0.05) is 19.0 Å². The van der Waals surface area contributed by atoms with Crippen molar-refractivity contribution in [3.8, 4) is 0 Å². The average molecular weight is 307 g/mol. The first-order valence-corrected chi connectivity index (χ1v) is 7.62. The van der Waals surface area contributed by atoms with Gasteiger partial charge in [-0.05, 0) is 30.5 Å². The summed E-state index contributed by atoms with van der Waals surface area (Å²) in [6.07, 6.45) is 2.89. The molecule has 1 amide bonds. The molecule has 0 heterocycles. The smallest absolute Gasteiger partial charge is 0.310 e. The number of rotatable bonds is 6. The largest absolute Gasteiger partial charge is 0.469 e. The highest BCUT2D eigenvalue weighted by Gasteiger charge is 2.31. The van der Waals surface area contributed by atoms with Crippen LogP contribution in [0.3, 0.4) is 0 Å². The first-order chi connectivity index (χ1) is 10.5. The molecule has 0 bridgehead atoms. The van der Waals surface area contributed by atoms with Gasteiger partial charge in [0.1, 0.15) is 5.82 Å². The van der Waals surface area contributed by atoms with Crippen molar-refractivity contribution in [1.29, 1.82) is 0 Å². The lowest BCUT2D eigenvalue weighted by molar-refractivity contribution is -0.147. The fourth-order valence-electron chi connectivity index (χ4n) is 2.56. The second-order valence-electron chi connectivity index (χ2n) is 5.90. The third kappa shape index (κ3) is 4.06. The predicted molar refractivity (Wildman–Crippen MR) is 80.3 cm³/mol. The van der Waals surface area contributed by atoms with E-state index in [-0.39, 0.29) is 29.5 Å². The molecule has 1 unspecified atom stereocenters. The van der Waals surface area contributed by atoms with Crippen molar-refractivity contribution >= 4 is 11.9 Å². The summed E-state index contributed by atoms with van der Waals surface area (Å²) in [5.41, 5.74) is 0.853. The highest BCUT2D eigenvalue weighted by molar-refractivity contribution is 5.80. The van der Waals surface area contributed by atoms with Crippen molar-refractivity contribution in [2.75, 3.05) is 13.7 Å². The monoisotopic (exact) mass is 307 g/mol. The molecule has 0 saturated heterocycles. The second-order valence-corrected chi connectivity index (χ2v) is 5.90. The molecule has 1 aliphatic rings. The third-order valence-electron chi connectivity index (χ3n) is 4.15. The van der Waals surface area contributed by atoms with E-state index in [9.17, 15) is 14.0 Å². The normalized spacial score (nSPS) is 15.8. The van der Waals surface area contributed by atoms with E-state index in [1.807, 2.05) is 0 Å². The molecule has 1 atom stereocenters. The fourth-order valence-corrected chi connectivity index (χ4v) is 2.56. The Labute approximate surface area is 130 Å². The number of benzene rings is 1. The Morgan fingerprint density at radius 3 is 2.45 bits per heavy atom. The molecule has 4 nitrogen and oxygen atoms in total. The minimum atomic E-state index is -0.380. The number of hydrogen-bond donors (Lipinski definition) is 0. The Balaban J connectivity index is 2.08. The van der Waals surface area contributed by atoms with Crippen LogP contribution < -0.4 is 0 Å². The number of amides is 1. The van der Waals surface area contributed by atoms with E-state index >= 15 is 0 Å². The minimum Gasteiger partial charge on any atom is -0.469 e. The summed E-state index contributed by atoms with van der Waals surface area (Å²) < 4.78 is 17.7. The van der Waals surface area contributed by atoms with Crippen LogP contribution in [0.15, 0.2) is 24.3 Å². The van der Waals surface area contributed by atoms with Crippen molar-refractivity contribution in [3.05, 3.63) is 35.6 Å². The summed E-state index contributed by atoms with van der Waals surface area (Å²) in [5.74, 6) is -0.875. The Hall–Kier alpha value is -1.91. The number of carbonyl (C=O) groups excluding carboxylic acids is 2. The molecule has 1 aromatic rings. The van der Waals surface area contributed by atoms with E-state index < -0.39 is 0 Å². The van der Waals surface area contributed by atoms with Gasteiger partial charge in [0.2, 0.25) is 5.91 Å². The summed E-state index contributed by atoms with van der Waals surface area (Å²) in [5, 5.41) is 0. The van der Waals surface area contributed by atoms with Crippen LogP contribution in [0, 0.1) is 17.7 Å². The van der Waals surface area contributed by atoms with Crippen LogP contribution in [0.25, 0.3) is 0 Å². The summed E-state index contributed by atoms with van der Waals surface area (Å²) in [6.45, 7) is 2.45. The van der Waals surface area contributed by atoms with Crippen LogP contribution in [0.5, 0.6) is 0 Å². The first kappa shape index (κ1) is 16.5. The SMILES string of the molecule is COC(=O)C(C)CN(Cc1ccc(F)cc1)C(=O)C1CCC1. The zero-order valence-corrected chi connectivity index (χ0v) is 13.0. The maximum atomic E-state index is 13.0. The molecule has 0 radical (unpaired) electrons. The van der Waals surface area contributed by atoms with Gasteiger partial charge in [-0.25, -0.2) is 4.39 Å². The van der Waals surface area contributed by atoms with E-state index in [1.54, 1.807) is 24.0 Å². The summed E-state index contributed by atoms with van der Waals surface area (Å²) >= 11 is 0. The van der Waals surface area contributed by atoms with Crippen molar-refractivity contribution in [2.45, 2.75) is 32.7 Å². The van der Waals surface area contributed by atoms with Crippen molar-refractivity contribution in [3.63, 3.8) is 0 Å². The lowest BCUT2D eigenvalue weighted by Gasteiger charge is -2.33. The highest BCUT2D eigenvalue weighted by Crippen LogP contribution is 2.29. The molecular weight excluding hydrogens is 285 g/mol. The van der Waals surface area contributed by atoms with E-state index in [0.717, 1.165) is 24.8 Å². The lowest BCUT2D eigenvalue weighted by atomic mass is 9.84. The number of hydrogen-bond acceptors (Lipinski definition) is 3. The van der Waals surface area contributed by atoms with Crippen LogP contribution in [-0.2, 0) is 20.9 Å². The Morgan fingerprint density at radius 1 is 1.32 bits per heavy atom. The molecular formula is C17H22FNO3. The summed E-state index contributed by atoms with van der Waals surface area (Å²) in [6, 6.07) is 6.09. The van der Waals surface area contributed by atoms with Crippen LogP contribution in [0.1, 0.15) is 31.7 Å². The van der Waals surface area contributed by atoms with E-state index in [1.165, 1.54) is 19.2 Å². The van der Waals surface area contributed by atoms with Crippen LogP contribution in [-0.4, -0.2) is 30.4 Å². The van der Waals surface area contributed by atoms with Gasteiger partial charge in [0.15, 0.2) is 0 Å². The number of carbonyl (C=O) groups is 2. The Bertz CT molecular complexity index is 525. The fraction of sp³-hybridized carbons (Fsp3) is 0.529. The Kier molecular flexibility index (Phi) is 5.52. The van der Waals surface area contributed by atoms with Crippen LogP contribution in [0.4, 0.5) is 4.39 Å². The average Bonchev–Trinajstić information content (AvgIpc) is 2.45. The van der Waals surface area contributed by atoms with Gasteiger partial charge in [0.05, 0.1) is 13.0 Å². The minimum absolute atomic E-state index is 0.0605. The van der Waals surface area contributed by atoms with Gasteiger partial charge < -0.3 is 9.64 Å². The molecule has 22 heavy (non-hydrogen) atoms. The van der Waals surface area contributed by atoms with Crippen LogP contribution in [0.2, 0.25) is 0 Å². The van der Waals surface area contributed by atoms with Crippen molar-refractivity contribution in [2.24, 2.45) is 11.8 Å². The zero-order chi connectivity index (χ0) is 16.1. The molecule has 0 aliphatic heterocycles. The van der Waals surface area contributed by atoms with Gasteiger partial charge in [-0.15, -0.1) is 0 Å². The number of esters is 1. The third-order valence-corrected chi connectivity index (χ3v) is 4.15. The van der Waals surface area contributed by atoms with E-state index in [0.29, 0.717) is 13.1 Å². The number of halogens is 1. The van der Waals surface area contributed by atoms with E-state index in [4.69, 9.17) is 4.74 Å². The summed E-state index contributed by atoms with van der Waals surface area (Å²) in [4.78, 5) is 25.8. The molecule has 0 N–H and O–H groups in total. The molecule has 0 spiro atoms. The molecule has 5 heteroatoms. The predicted octanol–water partition coefficient (Wildman–Crippen LogP) is 2.76. The molecule has 1 aromatic carbocycles. The van der Waals surface area contributed by atoms with Gasteiger partial charge >= 0.3 is 5.97 Å². The maximum absolute atomic E-state index is 13.0. The van der Waals surface area contributed by atoms with Gasteiger partial charge in [-0.1, -0.05) is 25.5 Å². The standard InChI is InChI=1S/C17H22FNO3/c1-12(17(21)22-2)10-19(16(20)14-4-3-5-14)11-13-6-8-15(18)9-7-13/h6-9,12,14H,3-5,10-11H2,1-2H3. The Morgan fingerprint density at radius 2 is 1.95 bits per heavy atom.